The number of ether oxygens (including phenoxy) is 1. The molecule has 0 atom stereocenters. The second kappa shape index (κ2) is 7.67. The third kappa shape index (κ3) is 4.00. The van der Waals surface area contributed by atoms with E-state index < -0.39 is 0 Å². The van der Waals surface area contributed by atoms with Crippen molar-refractivity contribution in [3.63, 3.8) is 0 Å². The number of rotatable bonds is 5. The highest BCUT2D eigenvalue weighted by Gasteiger charge is 2.32. The van der Waals surface area contributed by atoms with E-state index in [-0.39, 0.29) is 5.91 Å². The SMILES string of the molecule is C=CCN1C(=O)/C(=C/c2ccc(OC)cc2)S/C1=N/c1nc(C)cs1. The Morgan fingerprint density at radius 1 is 1.36 bits per heavy atom. The van der Waals surface area contributed by atoms with Crippen LogP contribution >= 0.6 is 23.1 Å². The normalized spacial score (nSPS) is 17.5. The molecule has 1 aliphatic heterocycles. The van der Waals surface area contributed by atoms with Crippen molar-refractivity contribution in [2.24, 2.45) is 4.99 Å². The zero-order chi connectivity index (χ0) is 17.8. The van der Waals surface area contributed by atoms with E-state index in [1.165, 1.54) is 23.1 Å². The van der Waals surface area contributed by atoms with Crippen LogP contribution in [0.3, 0.4) is 0 Å². The van der Waals surface area contributed by atoms with E-state index in [0.29, 0.717) is 21.7 Å². The fraction of sp³-hybridized carbons (Fsp3) is 0.167. The van der Waals surface area contributed by atoms with E-state index >= 15 is 0 Å². The van der Waals surface area contributed by atoms with Crippen LogP contribution in [-0.2, 0) is 4.79 Å². The van der Waals surface area contributed by atoms with Crippen LogP contribution in [0.1, 0.15) is 11.3 Å². The molecule has 0 aliphatic carbocycles. The molecule has 7 heteroatoms. The molecule has 1 aliphatic rings. The topological polar surface area (TPSA) is 54.8 Å². The monoisotopic (exact) mass is 371 g/mol. The number of aryl methyl sites for hydroxylation is 1. The molecule has 128 valence electrons. The molecule has 0 spiro atoms. The lowest BCUT2D eigenvalue weighted by Gasteiger charge is -2.11. The number of benzene rings is 1. The van der Waals surface area contributed by atoms with Gasteiger partial charge in [0.2, 0.25) is 5.13 Å². The Bertz CT molecular complexity index is 853. The molecule has 2 aromatic rings. The lowest BCUT2D eigenvalue weighted by atomic mass is 10.2. The van der Waals surface area contributed by atoms with Gasteiger partial charge in [0.1, 0.15) is 5.75 Å². The summed E-state index contributed by atoms with van der Waals surface area (Å²) in [5.74, 6) is 0.704. The van der Waals surface area contributed by atoms with Gasteiger partial charge in [-0.1, -0.05) is 18.2 Å². The van der Waals surface area contributed by atoms with Crippen LogP contribution in [0.15, 0.2) is 52.2 Å². The molecule has 0 saturated carbocycles. The van der Waals surface area contributed by atoms with Crippen molar-refractivity contribution in [1.82, 2.24) is 9.88 Å². The molecule has 0 N–H and O–H groups in total. The summed E-state index contributed by atoms with van der Waals surface area (Å²) in [6.07, 6.45) is 3.55. The van der Waals surface area contributed by atoms with Crippen LogP contribution in [-0.4, -0.2) is 34.6 Å². The maximum absolute atomic E-state index is 12.7. The number of thiazole rings is 1. The quantitative estimate of drug-likeness (QED) is 0.582. The number of hydrogen-bond acceptors (Lipinski definition) is 6. The first kappa shape index (κ1) is 17.4. The van der Waals surface area contributed by atoms with Gasteiger partial charge in [0, 0.05) is 11.9 Å². The Labute approximate surface area is 154 Å². The smallest absolute Gasteiger partial charge is 0.267 e. The molecule has 0 radical (unpaired) electrons. The number of hydrogen-bond donors (Lipinski definition) is 0. The Morgan fingerprint density at radius 3 is 2.72 bits per heavy atom. The van der Waals surface area contributed by atoms with Crippen molar-refractivity contribution in [3.8, 4) is 5.75 Å². The second-order valence-electron chi connectivity index (χ2n) is 5.25. The van der Waals surface area contributed by atoms with Gasteiger partial charge in [0.15, 0.2) is 5.17 Å². The molecule has 1 amide bonds. The lowest BCUT2D eigenvalue weighted by Crippen LogP contribution is -2.29. The van der Waals surface area contributed by atoms with Gasteiger partial charge in [0.05, 0.1) is 17.7 Å². The average molecular weight is 371 g/mol. The molecule has 1 aromatic carbocycles. The number of carbonyl (C=O) groups is 1. The van der Waals surface area contributed by atoms with E-state index in [1.807, 2.05) is 42.6 Å². The van der Waals surface area contributed by atoms with E-state index in [2.05, 4.69) is 16.6 Å². The molecule has 5 nitrogen and oxygen atoms in total. The predicted octanol–water partition coefficient (Wildman–Crippen LogP) is 4.25. The van der Waals surface area contributed by atoms with Gasteiger partial charge in [-0.15, -0.1) is 17.9 Å². The van der Waals surface area contributed by atoms with Gasteiger partial charge in [-0.2, -0.15) is 4.99 Å². The van der Waals surface area contributed by atoms with Gasteiger partial charge in [-0.05, 0) is 42.5 Å². The number of aliphatic imine (C=N–C) groups is 1. The molecule has 0 bridgehead atoms. The number of methoxy groups -OCH3 is 1. The molecule has 3 rings (SSSR count). The van der Waals surface area contributed by atoms with Crippen molar-refractivity contribution >= 4 is 45.4 Å². The summed E-state index contributed by atoms with van der Waals surface area (Å²) in [5.41, 5.74) is 1.85. The molecule has 1 aromatic heterocycles. The van der Waals surface area contributed by atoms with Crippen molar-refractivity contribution in [2.75, 3.05) is 13.7 Å². The summed E-state index contributed by atoms with van der Waals surface area (Å²) < 4.78 is 5.16. The van der Waals surface area contributed by atoms with E-state index in [1.54, 1.807) is 18.1 Å². The highest BCUT2D eigenvalue weighted by molar-refractivity contribution is 8.18. The van der Waals surface area contributed by atoms with Crippen molar-refractivity contribution < 1.29 is 9.53 Å². The van der Waals surface area contributed by atoms with Crippen LogP contribution in [0, 0.1) is 6.92 Å². The minimum absolute atomic E-state index is 0.0762. The second-order valence-corrected chi connectivity index (χ2v) is 7.10. The van der Waals surface area contributed by atoms with Crippen LogP contribution in [0.2, 0.25) is 0 Å². The van der Waals surface area contributed by atoms with Gasteiger partial charge < -0.3 is 4.74 Å². The maximum atomic E-state index is 12.7. The molecular weight excluding hydrogens is 354 g/mol. The maximum Gasteiger partial charge on any atom is 0.267 e. The van der Waals surface area contributed by atoms with Crippen LogP contribution < -0.4 is 4.74 Å². The van der Waals surface area contributed by atoms with Crippen LogP contribution in [0.4, 0.5) is 5.13 Å². The van der Waals surface area contributed by atoms with Crippen molar-refractivity contribution in [3.05, 3.63) is 58.5 Å². The van der Waals surface area contributed by atoms with E-state index in [4.69, 9.17) is 4.74 Å². The van der Waals surface area contributed by atoms with Gasteiger partial charge in [-0.3, -0.25) is 9.69 Å². The standard InChI is InChI=1S/C18H17N3O2S2/c1-4-9-21-16(22)15(10-13-5-7-14(23-3)8-6-13)25-18(21)20-17-19-12(2)11-24-17/h4-8,10-11H,1,9H2,2-3H3/b15-10-,20-18+. The minimum Gasteiger partial charge on any atom is -0.497 e. The molecule has 25 heavy (non-hydrogen) atoms. The van der Waals surface area contributed by atoms with Crippen molar-refractivity contribution in [2.45, 2.75) is 6.92 Å². The Hall–Kier alpha value is -2.38. The van der Waals surface area contributed by atoms with Crippen molar-refractivity contribution in [1.29, 1.82) is 0 Å². The molecule has 1 saturated heterocycles. The zero-order valence-electron chi connectivity index (χ0n) is 13.9. The molecule has 0 unspecified atom stereocenters. The Balaban J connectivity index is 1.90. The first-order chi connectivity index (χ1) is 12.1. The van der Waals surface area contributed by atoms with E-state index in [0.717, 1.165) is 17.0 Å². The largest absolute Gasteiger partial charge is 0.497 e. The minimum atomic E-state index is -0.0762. The third-order valence-corrected chi connectivity index (χ3v) is 5.27. The molecule has 1 fully saturated rings. The zero-order valence-corrected chi connectivity index (χ0v) is 15.6. The first-order valence-electron chi connectivity index (χ1n) is 7.58. The summed E-state index contributed by atoms with van der Waals surface area (Å²) in [7, 11) is 1.63. The Morgan fingerprint density at radius 2 is 2.12 bits per heavy atom. The number of carbonyl (C=O) groups excluding carboxylic acids is 1. The van der Waals surface area contributed by atoms with Crippen LogP contribution in [0.25, 0.3) is 6.08 Å². The number of amidine groups is 1. The van der Waals surface area contributed by atoms with Gasteiger partial charge >= 0.3 is 0 Å². The number of nitrogens with zero attached hydrogens (tertiary/aromatic N) is 3. The summed E-state index contributed by atoms with van der Waals surface area (Å²) in [6, 6.07) is 7.56. The molecule has 2 heterocycles. The van der Waals surface area contributed by atoms with E-state index in [9.17, 15) is 4.79 Å². The summed E-state index contributed by atoms with van der Waals surface area (Å²) in [4.78, 5) is 23.8. The number of amides is 1. The summed E-state index contributed by atoms with van der Waals surface area (Å²) >= 11 is 2.81. The number of aromatic nitrogens is 1. The molecular formula is C18H17N3O2S2. The predicted molar refractivity (Wildman–Crippen MR) is 104 cm³/mol. The summed E-state index contributed by atoms with van der Waals surface area (Å²) in [5, 5.41) is 3.21. The highest BCUT2D eigenvalue weighted by Crippen LogP contribution is 2.34. The van der Waals surface area contributed by atoms with Gasteiger partial charge in [-0.25, -0.2) is 4.98 Å². The highest BCUT2D eigenvalue weighted by atomic mass is 32.2. The fourth-order valence-electron chi connectivity index (χ4n) is 2.21. The fourth-order valence-corrected chi connectivity index (χ4v) is 3.92. The Kier molecular flexibility index (Phi) is 5.35. The first-order valence-corrected chi connectivity index (χ1v) is 9.27. The number of thioether (sulfide) groups is 1. The lowest BCUT2D eigenvalue weighted by molar-refractivity contribution is -0.121. The average Bonchev–Trinajstić information content (AvgIpc) is 3.14. The third-order valence-electron chi connectivity index (χ3n) is 3.41. The summed E-state index contributed by atoms with van der Waals surface area (Å²) in [6.45, 7) is 6.06. The van der Waals surface area contributed by atoms with Gasteiger partial charge in [0.25, 0.3) is 5.91 Å². The van der Waals surface area contributed by atoms with Crippen LogP contribution in [0.5, 0.6) is 5.75 Å².